The van der Waals surface area contributed by atoms with Crippen LogP contribution in [0.4, 0.5) is 16.2 Å². The molecule has 0 bridgehead atoms. The van der Waals surface area contributed by atoms with Crippen LogP contribution in [0.5, 0.6) is 0 Å². The first kappa shape index (κ1) is 30.9. The predicted molar refractivity (Wildman–Crippen MR) is 166 cm³/mol. The third-order valence-corrected chi connectivity index (χ3v) is 6.76. The van der Waals surface area contributed by atoms with Crippen LogP contribution in [0.25, 0.3) is 5.57 Å². The number of carbonyl (C=O) groups is 3. The second-order valence-corrected chi connectivity index (χ2v) is 11.7. The van der Waals surface area contributed by atoms with Crippen LogP contribution in [0.2, 0.25) is 10.0 Å². The van der Waals surface area contributed by atoms with E-state index < -0.39 is 23.7 Å². The largest absolute Gasteiger partial charge is 0.459 e. The molecule has 1 heterocycles. The minimum Gasteiger partial charge on any atom is -0.459 e. The molecule has 0 saturated carbocycles. The van der Waals surface area contributed by atoms with Crippen molar-refractivity contribution >= 4 is 58.1 Å². The zero-order chi connectivity index (χ0) is 30.3. The lowest BCUT2D eigenvalue weighted by molar-refractivity contribution is -0.145. The van der Waals surface area contributed by atoms with Crippen molar-refractivity contribution in [3.05, 3.63) is 99.5 Å². The molecule has 1 aliphatic heterocycles. The quantitative estimate of drug-likeness (QED) is 0.187. The van der Waals surface area contributed by atoms with E-state index in [0.29, 0.717) is 45.5 Å². The molecule has 3 N–H and O–H groups in total. The first-order chi connectivity index (χ1) is 20.0. The molecule has 3 aromatic carbocycles. The second kappa shape index (κ2) is 13.8. The molecule has 3 aromatic rings. The molecule has 1 atom stereocenters. The topological polar surface area (TPSA) is 106 Å². The molecule has 4 rings (SSSR count). The number of benzene rings is 3. The summed E-state index contributed by atoms with van der Waals surface area (Å²) in [5.41, 5.74) is 3.62. The summed E-state index contributed by atoms with van der Waals surface area (Å²) >= 11 is 12.7. The van der Waals surface area contributed by atoms with E-state index >= 15 is 0 Å². The Morgan fingerprint density at radius 2 is 1.71 bits per heavy atom. The van der Waals surface area contributed by atoms with Gasteiger partial charge >= 0.3 is 12.1 Å². The van der Waals surface area contributed by atoms with Crippen LogP contribution in [0.1, 0.15) is 43.9 Å². The van der Waals surface area contributed by atoms with Crippen LogP contribution in [0, 0.1) is 0 Å². The minimum atomic E-state index is -0.733. The maximum absolute atomic E-state index is 13.0. The van der Waals surface area contributed by atoms with Crippen molar-refractivity contribution in [2.45, 2.75) is 51.9 Å². The fourth-order valence-electron chi connectivity index (χ4n) is 4.39. The van der Waals surface area contributed by atoms with Crippen LogP contribution in [-0.2, 0) is 32.1 Å². The summed E-state index contributed by atoms with van der Waals surface area (Å²) in [4.78, 5) is 37.8. The first-order valence-corrected chi connectivity index (χ1v) is 14.3. The summed E-state index contributed by atoms with van der Waals surface area (Å²) in [6.45, 7) is 5.98. The molecule has 42 heavy (non-hydrogen) atoms. The Bertz CT molecular complexity index is 1470. The molecule has 1 unspecified atom stereocenters. The Hall–Kier alpha value is -4.01. The summed E-state index contributed by atoms with van der Waals surface area (Å²) in [6, 6.07) is 19.2. The van der Waals surface area contributed by atoms with Crippen molar-refractivity contribution in [1.29, 1.82) is 0 Å². The maximum Gasteiger partial charge on any atom is 0.407 e. The molecule has 0 aliphatic carbocycles. The Morgan fingerprint density at radius 3 is 2.40 bits per heavy atom. The van der Waals surface area contributed by atoms with Gasteiger partial charge in [0.05, 0.1) is 5.02 Å². The van der Waals surface area contributed by atoms with Gasteiger partial charge in [-0.2, -0.15) is 0 Å². The van der Waals surface area contributed by atoms with Crippen LogP contribution in [0.3, 0.4) is 0 Å². The molecule has 1 aliphatic rings. The number of ether oxygens (including phenoxy) is 2. The summed E-state index contributed by atoms with van der Waals surface area (Å²) in [7, 11) is 0. The van der Waals surface area contributed by atoms with E-state index in [1.807, 2.05) is 63.2 Å². The van der Waals surface area contributed by atoms with Gasteiger partial charge in [-0.05, 0) is 68.2 Å². The van der Waals surface area contributed by atoms with Crippen molar-refractivity contribution in [1.82, 2.24) is 5.32 Å². The molecular formula is C32H33Cl2N3O5. The number of hydrogen-bond acceptors (Lipinski definition) is 6. The number of rotatable bonds is 8. The molecule has 8 nitrogen and oxygen atoms in total. The highest BCUT2D eigenvalue weighted by Crippen LogP contribution is 2.40. The zero-order valence-electron chi connectivity index (χ0n) is 23.6. The normalized spacial score (nSPS) is 15.3. The lowest BCUT2D eigenvalue weighted by Gasteiger charge is -2.28. The average molecular weight is 611 g/mol. The highest BCUT2D eigenvalue weighted by molar-refractivity contribution is 6.36. The summed E-state index contributed by atoms with van der Waals surface area (Å²) in [5, 5.41) is 9.51. The van der Waals surface area contributed by atoms with Gasteiger partial charge in [0.25, 0.3) is 0 Å². The summed E-state index contributed by atoms with van der Waals surface area (Å²) in [5.74, 6) is -0.830. The SMILES string of the molecule is CC(C)(C)OC(=O)NCCc1ccc(NC(=O)C=C2CC(C(=O)OCc3ccccc3)Nc3cc(Cl)cc(Cl)c32)cc1. The lowest BCUT2D eigenvalue weighted by Crippen LogP contribution is -2.35. The van der Waals surface area contributed by atoms with Crippen molar-refractivity contribution in [3.8, 4) is 0 Å². The van der Waals surface area contributed by atoms with E-state index in [4.69, 9.17) is 32.7 Å². The zero-order valence-corrected chi connectivity index (χ0v) is 25.1. The molecule has 10 heteroatoms. The number of alkyl carbamates (subject to hydrolysis) is 1. The van der Waals surface area contributed by atoms with E-state index in [-0.39, 0.29) is 18.9 Å². The van der Waals surface area contributed by atoms with Gasteiger partial charge in [0, 0.05) is 41.0 Å². The van der Waals surface area contributed by atoms with E-state index in [9.17, 15) is 14.4 Å². The third-order valence-electron chi connectivity index (χ3n) is 6.25. The highest BCUT2D eigenvalue weighted by Gasteiger charge is 2.30. The number of nitrogens with one attached hydrogen (secondary N) is 3. The molecule has 0 saturated heterocycles. The molecule has 220 valence electrons. The van der Waals surface area contributed by atoms with E-state index in [1.165, 1.54) is 6.08 Å². The number of esters is 1. The third kappa shape index (κ3) is 8.99. The molecule has 0 radical (unpaired) electrons. The van der Waals surface area contributed by atoms with Gasteiger partial charge in [0.2, 0.25) is 5.91 Å². The van der Waals surface area contributed by atoms with Gasteiger partial charge in [-0.1, -0.05) is 65.7 Å². The Labute approximate surface area is 255 Å². The molecule has 0 fully saturated rings. The number of anilines is 2. The fourth-order valence-corrected chi connectivity index (χ4v) is 5.01. The summed E-state index contributed by atoms with van der Waals surface area (Å²) < 4.78 is 10.8. The van der Waals surface area contributed by atoms with Crippen LogP contribution < -0.4 is 16.0 Å². The average Bonchev–Trinajstić information content (AvgIpc) is 2.91. The van der Waals surface area contributed by atoms with E-state index in [1.54, 1.807) is 24.3 Å². The van der Waals surface area contributed by atoms with Crippen molar-refractivity contribution in [2.75, 3.05) is 17.2 Å². The number of fused-ring (bicyclic) bond motifs is 1. The monoisotopic (exact) mass is 609 g/mol. The number of amides is 2. The molecule has 0 aromatic heterocycles. The fraction of sp³-hybridized carbons (Fsp3) is 0.281. The van der Waals surface area contributed by atoms with Crippen molar-refractivity contribution in [2.24, 2.45) is 0 Å². The standard InChI is InChI=1S/C32H33Cl2N3O5/c1-32(2,3)42-31(40)35-14-13-20-9-11-24(12-10-20)36-28(38)16-22-15-27(30(39)41-19-21-7-5-4-6-8-21)37-26-18-23(33)17-25(34)29(22)26/h4-12,16-18,27,37H,13-15,19H2,1-3H3,(H,35,40)(H,36,38). The number of halogens is 2. The Balaban J connectivity index is 1.41. The minimum absolute atomic E-state index is 0.133. The molecule has 0 spiro atoms. The van der Waals surface area contributed by atoms with Crippen LogP contribution in [-0.4, -0.2) is 36.2 Å². The maximum atomic E-state index is 13.0. The van der Waals surface area contributed by atoms with Gasteiger partial charge in [0.15, 0.2) is 0 Å². The van der Waals surface area contributed by atoms with Gasteiger partial charge in [-0.25, -0.2) is 9.59 Å². The van der Waals surface area contributed by atoms with Crippen molar-refractivity contribution < 1.29 is 23.9 Å². The van der Waals surface area contributed by atoms with Gasteiger partial charge < -0.3 is 25.4 Å². The Kier molecular flexibility index (Phi) is 10.1. The van der Waals surface area contributed by atoms with Gasteiger partial charge in [-0.15, -0.1) is 0 Å². The van der Waals surface area contributed by atoms with Crippen molar-refractivity contribution in [3.63, 3.8) is 0 Å². The Morgan fingerprint density at radius 1 is 1.00 bits per heavy atom. The predicted octanol–water partition coefficient (Wildman–Crippen LogP) is 7.01. The number of carbonyl (C=O) groups excluding carboxylic acids is 3. The first-order valence-electron chi connectivity index (χ1n) is 13.5. The lowest BCUT2D eigenvalue weighted by atomic mass is 9.91. The molecular weight excluding hydrogens is 577 g/mol. The van der Waals surface area contributed by atoms with Crippen LogP contribution in [0.15, 0.2) is 72.8 Å². The summed E-state index contributed by atoms with van der Waals surface area (Å²) in [6.07, 6.45) is 1.77. The smallest absolute Gasteiger partial charge is 0.407 e. The van der Waals surface area contributed by atoms with E-state index in [2.05, 4.69) is 16.0 Å². The van der Waals surface area contributed by atoms with Gasteiger partial charge in [-0.3, -0.25) is 4.79 Å². The van der Waals surface area contributed by atoms with Gasteiger partial charge in [0.1, 0.15) is 18.2 Å². The van der Waals surface area contributed by atoms with E-state index in [0.717, 1.165) is 11.1 Å². The highest BCUT2D eigenvalue weighted by atomic mass is 35.5. The molecule has 2 amide bonds. The van der Waals surface area contributed by atoms with Crippen LogP contribution >= 0.6 is 23.2 Å². The second-order valence-electron chi connectivity index (χ2n) is 10.8. The number of hydrogen-bond donors (Lipinski definition) is 3.